The van der Waals surface area contributed by atoms with Crippen molar-refractivity contribution < 1.29 is 19.1 Å². The molecule has 7 nitrogen and oxygen atoms in total. The number of carbonyl (C=O) groups excluding carboxylic acids is 2. The number of nitrogens with zero attached hydrogens (tertiary/aromatic N) is 3. The van der Waals surface area contributed by atoms with Gasteiger partial charge < -0.3 is 9.47 Å². The Bertz CT molecular complexity index is 1470. The zero-order chi connectivity index (χ0) is 25.7. The lowest BCUT2D eigenvalue weighted by atomic mass is 10.1. The first-order valence-corrected chi connectivity index (χ1v) is 12.3. The molecule has 0 saturated carbocycles. The fraction of sp³-hybridized carbons (Fsp3) is 0.111. The number of nitriles is 2. The van der Waals surface area contributed by atoms with E-state index in [2.05, 4.69) is 28.1 Å². The van der Waals surface area contributed by atoms with Crippen molar-refractivity contribution in [3.05, 3.63) is 97.9 Å². The number of hydrogen-bond acceptors (Lipinski definition) is 7. The summed E-state index contributed by atoms with van der Waals surface area (Å²) >= 11 is 4.35. The number of thioether (sulfide) groups is 1. The lowest BCUT2D eigenvalue weighted by Gasteiger charge is -2.14. The molecule has 2 amide bonds. The number of imide groups is 1. The Hall–Kier alpha value is -4.05. The van der Waals surface area contributed by atoms with E-state index in [4.69, 9.17) is 9.47 Å². The summed E-state index contributed by atoms with van der Waals surface area (Å²) in [5.41, 5.74) is 2.92. The first-order chi connectivity index (χ1) is 17.4. The molecule has 3 aromatic rings. The fourth-order valence-electron chi connectivity index (χ4n) is 3.56. The van der Waals surface area contributed by atoms with Gasteiger partial charge in [0.1, 0.15) is 6.61 Å². The predicted molar refractivity (Wildman–Crippen MR) is 139 cm³/mol. The molecule has 4 rings (SSSR count). The third-order valence-corrected chi connectivity index (χ3v) is 7.02. The van der Waals surface area contributed by atoms with Crippen molar-refractivity contribution in [1.29, 1.82) is 10.5 Å². The third kappa shape index (κ3) is 5.28. The molecule has 0 atom stereocenters. The summed E-state index contributed by atoms with van der Waals surface area (Å²) in [7, 11) is 1.50. The molecule has 1 fully saturated rings. The van der Waals surface area contributed by atoms with Crippen LogP contribution in [0.2, 0.25) is 0 Å². The minimum Gasteiger partial charge on any atom is -0.493 e. The zero-order valence-corrected chi connectivity index (χ0v) is 21.4. The number of benzene rings is 3. The summed E-state index contributed by atoms with van der Waals surface area (Å²) in [6.45, 7) is 0.197. The first-order valence-electron chi connectivity index (χ1n) is 10.7. The number of methoxy groups -OCH3 is 1. The molecule has 0 bridgehead atoms. The highest BCUT2D eigenvalue weighted by atomic mass is 79.9. The molecule has 1 heterocycles. The molecule has 0 aliphatic carbocycles. The smallest absolute Gasteiger partial charge is 0.293 e. The van der Waals surface area contributed by atoms with Crippen LogP contribution < -0.4 is 9.47 Å². The van der Waals surface area contributed by atoms with Gasteiger partial charge in [-0.25, -0.2) is 0 Å². The topological polar surface area (TPSA) is 103 Å². The molecular weight excluding hydrogens is 542 g/mol. The van der Waals surface area contributed by atoms with Crippen molar-refractivity contribution in [3.63, 3.8) is 0 Å². The van der Waals surface area contributed by atoms with Crippen LogP contribution in [-0.2, 0) is 17.9 Å². The molecule has 9 heteroatoms. The lowest BCUT2D eigenvalue weighted by molar-refractivity contribution is -0.123. The monoisotopic (exact) mass is 559 g/mol. The van der Waals surface area contributed by atoms with E-state index in [0.717, 1.165) is 22.2 Å². The summed E-state index contributed by atoms with van der Waals surface area (Å²) in [6.07, 6.45) is 1.61. The normalized spacial score (nSPS) is 14.0. The number of carbonyl (C=O) groups is 2. The van der Waals surface area contributed by atoms with Gasteiger partial charge in [0.05, 0.1) is 41.8 Å². The molecule has 0 radical (unpaired) electrons. The van der Waals surface area contributed by atoms with E-state index in [0.29, 0.717) is 38.2 Å². The number of rotatable bonds is 7. The highest BCUT2D eigenvalue weighted by molar-refractivity contribution is 9.10. The van der Waals surface area contributed by atoms with Gasteiger partial charge in [-0.2, -0.15) is 10.5 Å². The van der Waals surface area contributed by atoms with Crippen molar-refractivity contribution >= 4 is 44.9 Å². The van der Waals surface area contributed by atoms with Gasteiger partial charge in [0.25, 0.3) is 11.1 Å². The number of halogens is 1. The van der Waals surface area contributed by atoms with Crippen LogP contribution in [-0.4, -0.2) is 23.2 Å². The van der Waals surface area contributed by atoms with Crippen molar-refractivity contribution in [1.82, 2.24) is 4.90 Å². The van der Waals surface area contributed by atoms with Gasteiger partial charge in [0.15, 0.2) is 11.5 Å². The number of ether oxygens (including phenoxy) is 2. The molecule has 36 heavy (non-hydrogen) atoms. The second-order valence-corrected chi connectivity index (χ2v) is 9.47. The Balaban J connectivity index is 1.56. The predicted octanol–water partition coefficient (Wildman–Crippen LogP) is 6.02. The third-order valence-electron chi connectivity index (χ3n) is 5.43. The van der Waals surface area contributed by atoms with Crippen molar-refractivity contribution in [2.24, 2.45) is 0 Å². The zero-order valence-electron chi connectivity index (χ0n) is 19.0. The summed E-state index contributed by atoms with van der Waals surface area (Å²) < 4.78 is 12.0. The molecule has 1 aliphatic rings. The van der Waals surface area contributed by atoms with E-state index in [-0.39, 0.29) is 18.1 Å². The van der Waals surface area contributed by atoms with Crippen molar-refractivity contribution in [3.8, 4) is 23.6 Å². The SMILES string of the molecule is COc1cc(/C=C2/SC(=O)N(Cc3ccccc3C#N)C2=O)c(Br)cc1OCc1ccccc1C#N. The summed E-state index contributed by atoms with van der Waals surface area (Å²) in [5.74, 6) is 0.452. The quantitative estimate of drug-likeness (QED) is 0.326. The van der Waals surface area contributed by atoms with Crippen molar-refractivity contribution in [2.45, 2.75) is 13.2 Å². The molecule has 1 saturated heterocycles. The Labute approximate surface area is 220 Å². The molecule has 1 aliphatic heterocycles. The Morgan fingerprint density at radius 3 is 2.28 bits per heavy atom. The average Bonchev–Trinajstić information content (AvgIpc) is 3.16. The van der Waals surface area contributed by atoms with Gasteiger partial charge in [-0.3, -0.25) is 14.5 Å². The number of hydrogen-bond donors (Lipinski definition) is 0. The van der Waals surface area contributed by atoms with E-state index < -0.39 is 11.1 Å². The Morgan fingerprint density at radius 1 is 0.972 bits per heavy atom. The summed E-state index contributed by atoms with van der Waals surface area (Å²) in [4.78, 5) is 27.0. The second kappa shape index (κ2) is 11.1. The van der Waals surface area contributed by atoms with Gasteiger partial charge in [-0.15, -0.1) is 0 Å². The minimum absolute atomic E-state index is 0.0210. The highest BCUT2D eigenvalue weighted by Gasteiger charge is 2.35. The van der Waals surface area contributed by atoms with E-state index >= 15 is 0 Å². The van der Waals surface area contributed by atoms with E-state index in [1.807, 2.05) is 12.1 Å². The van der Waals surface area contributed by atoms with Gasteiger partial charge in [0.2, 0.25) is 0 Å². The highest BCUT2D eigenvalue weighted by Crippen LogP contribution is 2.39. The standard InChI is InChI=1S/C27H18BrN3O4S/c1-34-23-10-21(22(28)12-24(23)35-16-20-9-5-3-7-18(20)14-30)11-25-26(32)31(27(33)36-25)15-19-8-4-2-6-17(19)13-29/h2-12H,15-16H2,1H3/b25-11+. The molecule has 178 valence electrons. The van der Waals surface area contributed by atoms with Crippen LogP contribution in [0.5, 0.6) is 11.5 Å². The van der Waals surface area contributed by atoms with Crippen LogP contribution in [0.15, 0.2) is 70.0 Å². The Kier molecular flexibility index (Phi) is 7.74. The number of amides is 2. The average molecular weight is 560 g/mol. The molecular formula is C27H18BrN3O4S. The Morgan fingerprint density at radius 2 is 1.61 bits per heavy atom. The van der Waals surface area contributed by atoms with Crippen LogP contribution in [0.3, 0.4) is 0 Å². The maximum Gasteiger partial charge on any atom is 0.293 e. The van der Waals surface area contributed by atoms with E-state index in [1.165, 1.54) is 7.11 Å². The molecule has 3 aromatic carbocycles. The van der Waals surface area contributed by atoms with Gasteiger partial charge in [0, 0.05) is 10.0 Å². The van der Waals surface area contributed by atoms with Crippen LogP contribution in [0.25, 0.3) is 6.08 Å². The molecule has 0 aromatic heterocycles. The van der Waals surface area contributed by atoms with Gasteiger partial charge in [-0.1, -0.05) is 52.3 Å². The maximum absolute atomic E-state index is 13.0. The molecule has 0 N–H and O–H groups in total. The molecule has 0 unspecified atom stereocenters. The van der Waals surface area contributed by atoms with Gasteiger partial charge >= 0.3 is 0 Å². The lowest BCUT2D eigenvalue weighted by Crippen LogP contribution is -2.27. The second-order valence-electron chi connectivity index (χ2n) is 7.62. The molecule has 0 spiro atoms. The minimum atomic E-state index is -0.433. The van der Waals surface area contributed by atoms with Crippen LogP contribution in [0.4, 0.5) is 4.79 Å². The maximum atomic E-state index is 13.0. The van der Waals surface area contributed by atoms with E-state index in [1.54, 1.807) is 54.6 Å². The van der Waals surface area contributed by atoms with E-state index in [9.17, 15) is 20.1 Å². The first kappa shape index (κ1) is 25.1. The summed E-state index contributed by atoms with van der Waals surface area (Å²) in [6, 6.07) is 21.7. The largest absolute Gasteiger partial charge is 0.493 e. The fourth-order valence-corrected chi connectivity index (χ4v) is 4.83. The van der Waals surface area contributed by atoms with Crippen molar-refractivity contribution in [2.75, 3.05) is 7.11 Å². The van der Waals surface area contributed by atoms with Gasteiger partial charge in [-0.05, 0) is 53.2 Å². The van der Waals surface area contributed by atoms with Crippen LogP contribution >= 0.6 is 27.7 Å². The summed E-state index contributed by atoms with van der Waals surface area (Å²) in [5, 5.41) is 18.2. The van der Waals surface area contributed by atoms with Crippen LogP contribution in [0.1, 0.15) is 27.8 Å². The van der Waals surface area contributed by atoms with Crippen LogP contribution in [0, 0.1) is 22.7 Å².